The van der Waals surface area contributed by atoms with E-state index in [1.165, 1.54) is 16.7 Å². The summed E-state index contributed by atoms with van der Waals surface area (Å²) in [7, 11) is 0. The van der Waals surface area contributed by atoms with Crippen LogP contribution in [0, 0.1) is 0 Å². The zero-order chi connectivity index (χ0) is 14.8. The Bertz CT molecular complexity index is 584. The van der Waals surface area contributed by atoms with Gasteiger partial charge in [0.25, 0.3) is 0 Å². The molecule has 1 atom stereocenters. The highest BCUT2D eigenvalue weighted by Gasteiger charge is 2.21. The lowest BCUT2D eigenvalue weighted by Crippen LogP contribution is -2.15. The molecule has 0 amide bonds. The van der Waals surface area contributed by atoms with Gasteiger partial charge in [0, 0.05) is 4.47 Å². The summed E-state index contributed by atoms with van der Waals surface area (Å²) in [6.07, 6.45) is 0.841. The minimum absolute atomic E-state index is 0.000255. The second kappa shape index (κ2) is 6.32. The van der Waals surface area contributed by atoms with E-state index in [1.807, 2.05) is 6.07 Å². The molecule has 0 spiro atoms. The molecular formula is C18H20BrCl. The third-order valence-corrected chi connectivity index (χ3v) is 4.29. The van der Waals surface area contributed by atoms with Crippen LogP contribution in [-0.4, -0.2) is 0 Å². The van der Waals surface area contributed by atoms with Gasteiger partial charge in [0.2, 0.25) is 0 Å². The largest absolute Gasteiger partial charge is 0.117 e. The van der Waals surface area contributed by atoms with Crippen LogP contribution in [0.2, 0.25) is 0 Å². The molecule has 2 rings (SSSR count). The fourth-order valence-corrected chi connectivity index (χ4v) is 3.25. The highest BCUT2D eigenvalue weighted by Crippen LogP contribution is 2.34. The van der Waals surface area contributed by atoms with E-state index >= 15 is 0 Å². The molecule has 0 aromatic heterocycles. The van der Waals surface area contributed by atoms with Crippen LogP contribution >= 0.6 is 27.5 Å². The van der Waals surface area contributed by atoms with Crippen molar-refractivity contribution in [3.05, 3.63) is 69.7 Å². The number of halogens is 2. The van der Waals surface area contributed by atoms with Crippen molar-refractivity contribution in [2.75, 3.05) is 0 Å². The molecule has 0 radical (unpaired) electrons. The summed E-state index contributed by atoms with van der Waals surface area (Å²) in [5, 5.41) is -0.000255. The second-order valence-corrected chi connectivity index (χ2v) is 7.58. The van der Waals surface area contributed by atoms with Gasteiger partial charge in [-0.3, -0.25) is 0 Å². The van der Waals surface area contributed by atoms with Crippen LogP contribution < -0.4 is 0 Å². The summed E-state index contributed by atoms with van der Waals surface area (Å²) in [6.45, 7) is 6.69. The average molecular weight is 352 g/mol. The molecule has 20 heavy (non-hydrogen) atoms. The molecule has 2 heteroatoms. The van der Waals surface area contributed by atoms with E-state index in [0.717, 1.165) is 10.9 Å². The van der Waals surface area contributed by atoms with E-state index in [4.69, 9.17) is 11.6 Å². The van der Waals surface area contributed by atoms with Gasteiger partial charge < -0.3 is 0 Å². The third kappa shape index (κ3) is 3.86. The standard InChI is InChI=1S/C18H20BrCl/c1-18(2,3)16-10-5-4-9-15(16)17(20)12-13-7-6-8-14(19)11-13/h4-11,17H,12H2,1-3H3. The molecule has 0 heterocycles. The molecule has 0 aliphatic heterocycles. The van der Waals surface area contributed by atoms with Gasteiger partial charge in [-0.1, -0.05) is 73.1 Å². The van der Waals surface area contributed by atoms with Crippen LogP contribution in [0.1, 0.15) is 42.8 Å². The summed E-state index contributed by atoms with van der Waals surface area (Å²) in [6, 6.07) is 16.8. The van der Waals surface area contributed by atoms with E-state index in [2.05, 4.69) is 79.2 Å². The summed E-state index contributed by atoms with van der Waals surface area (Å²) in [4.78, 5) is 0. The fraction of sp³-hybridized carbons (Fsp3) is 0.333. The lowest BCUT2D eigenvalue weighted by molar-refractivity contribution is 0.580. The molecule has 2 aromatic rings. The van der Waals surface area contributed by atoms with Gasteiger partial charge >= 0.3 is 0 Å². The van der Waals surface area contributed by atoms with Gasteiger partial charge in [-0.2, -0.15) is 0 Å². The number of alkyl halides is 1. The van der Waals surface area contributed by atoms with Gasteiger partial charge in [-0.05, 0) is 40.7 Å². The molecule has 0 saturated carbocycles. The highest BCUT2D eigenvalue weighted by atomic mass is 79.9. The van der Waals surface area contributed by atoms with Crippen molar-refractivity contribution < 1.29 is 0 Å². The Hall–Kier alpha value is -0.790. The minimum Gasteiger partial charge on any atom is -0.117 e. The topological polar surface area (TPSA) is 0 Å². The predicted molar refractivity (Wildman–Crippen MR) is 91.6 cm³/mol. The Morgan fingerprint density at radius 2 is 1.75 bits per heavy atom. The first-order chi connectivity index (χ1) is 9.38. The molecular weight excluding hydrogens is 332 g/mol. The highest BCUT2D eigenvalue weighted by molar-refractivity contribution is 9.10. The maximum Gasteiger partial charge on any atom is 0.0628 e. The van der Waals surface area contributed by atoms with Crippen molar-refractivity contribution in [2.24, 2.45) is 0 Å². The fourth-order valence-electron chi connectivity index (χ4n) is 2.43. The first kappa shape index (κ1) is 15.6. The van der Waals surface area contributed by atoms with E-state index in [-0.39, 0.29) is 10.8 Å². The maximum absolute atomic E-state index is 6.69. The summed E-state index contributed by atoms with van der Waals surface area (Å²) in [5.74, 6) is 0. The summed E-state index contributed by atoms with van der Waals surface area (Å²) < 4.78 is 1.10. The van der Waals surface area contributed by atoms with Crippen molar-refractivity contribution >= 4 is 27.5 Å². The van der Waals surface area contributed by atoms with E-state index in [1.54, 1.807) is 0 Å². The Labute approximate surface area is 135 Å². The van der Waals surface area contributed by atoms with Gasteiger partial charge in [0.1, 0.15) is 0 Å². The van der Waals surface area contributed by atoms with E-state index in [9.17, 15) is 0 Å². The van der Waals surface area contributed by atoms with Gasteiger partial charge in [-0.15, -0.1) is 11.6 Å². The molecule has 0 nitrogen and oxygen atoms in total. The van der Waals surface area contributed by atoms with E-state index < -0.39 is 0 Å². The molecule has 2 aromatic carbocycles. The summed E-state index contributed by atoms with van der Waals surface area (Å²) in [5.41, 5.74) is 3.93. The van der Waals surface area contributed by atoms with E-state index in [0.29, 0.717) is 0 Å². The van der Waals surface area contributed by atoms with Gasteiger partial charge in [0.05, 0.1) is 5.38 Å². The Morgan fingerprint density at radius 3 is 2.40 bits per heavy atom. The quantitative estimate of drug-likeness (QED) is 0.572. The van der Waals surface area contributed by atoms with Crippen LogP contribution in [0.3, 0.4) is 0 Å². The third-order valence-electron chi connectivity index (χ3n) is 3.41. The maximum atomic E-state index is 6.69. The van der Waals surface area contributed by atoms with Crippen molar-refractivity contribution in [2.45, 2.75) is 38.0 Å². The van der Waals surface area contributed by atoms with Crippen LogP contribution in [0.15, 0.2) is 53.0 Å². The van der Waals surface area contributed by atoms with Crippen LogP contribution in [0.4, 0.5) is 0 Å². The SMILES string of the molecule is CC(C)(C)c1ccccc1C(Cl)Cc1cccc(Br)c1. The number of hydrogen-bond acceptors (Lipinski definition) is 0. The Balaban J connectivity index is 2.28. The number of rotatable bonds is 3. The van der Waals surface area contributed by atoms with Crippen molar-refractivity contribution in [1.82, 2.24) is 0 Å². The first-order valence-electron chi connectivity index (χ1n) is 6.86. The molecule has 0 N–H and O–H groups in total. The monoisotopic (exact) mass is 350 g/mol. The Morgan fingerprint density at radius 1 is 1.05 bits per heavy atom. The van der Waals surface area contributed by atoms with Crippen LogP contribution in [0.25, 0.3) is 0 Å². The van der Waals surface area contributed by atoms with Gasteiger partial charge in [-0.25, -0.2) is 0 Å². The molecule has 0 aliphatic rings. The van der Waals surface area contributed by atoms with Crippen molar-refractivity contribution in [1.29, 1.82) is 0 Å². The average Bonchev–Trinajstić information content (AvgIpc) is 2.37. The lowest BCUT2D eigenvalue weighted by Gasteiger charge is -2.25. The van der Waals surface area contributed by atoms with Gasteiger partial charge in [0.15, 0.2) is 0 Å². The summed E-state index contributed by atoms with van der Waals surface area (Å²) >= 11 is 10.2. The Kier molecular flexibility index (Phi) is 4.93. The first-order valence-corrected chi connectivity index (χ1v) is 8.09. The molecule has 106 valence electrons. The van der Waals surface area contributed by atoms with Crippen LogP contribution in [0.5, 0.6) is 0 Å². The van der Waals surface area contributed by atoms with Crippen molar-refractivity contribution in [3.8, 4) is 0 Å². The normalized spacial score (nSPS) is 13.2. The number of benzene rings is 2. The molecule has 1 unspecified atom stereocenters. The van der Waals surface area contributed by atoms with Crippen LogP contribution in [-0.2, 0) is 11.8 Å². The zero-order valence-corrected chi connectivity index (χ0v) is 14.5. The predicted octanol–water partition coefficient (Wildman–Crippen LogP) is 6.27. The molecule has 0 saturated heterocycles. The van der Waals surface area contributed by atoms with Crippen molar-refractivity contribution in [3.63, 3.8) is 0 Å². The second-order valence-electron chi connectivity index (χ2n) is 6.14. The molecule has 0 fully saturated rings. The molecule has 0 bridgehead atoms. The molecule has 0 aliphatic carbocycles. The zero-order valence-electron chi connectivity index (χ0n) is 12.2. The minimum atomic E-state index is -0.000255. The smallest absolute Gasteiger partial charge is 0.0628 e. The number of hydrogen-bond donors (Lipinski definition) is 0. The lowest BCUT2D eigenvalue weighted by atomic mass is 9.82.